The van der Waals surface area contributed by atoms with Crippen molar-refractivity contribution in [2.45, 2.75) is 24.3 Å². The standard InChI is InChI=1S/C15H18ClNO2S2/c1-3-9-17-14(15-13(16)8-10-20-15)11-4-6-12(7-5-11)21(2,18)19/h4-8,10,14,17H,3,9H2,1-2H3. The highest BCUT2D eigenvalue weighted by Gasteiger charge is 2.18. The number of benzene rings is 1. The van der Waals surface area contributed by atoms with Crippen LogP contribution in [0, 0.1) is 0 Å². The van der Waals surface area contributed by atoms with Crippen LogP contribution in [0.5, 0.6) is 0 Å². The Labute approximate surface area is 134 Å². The maximum absolute atomic E-state index is 11.5. The molecule has 21 heavy (non-hydrogen) atoms. The lowest BCUT2D eigenvalue weighted by Crippen LogP contribution is -2.22. The van der Waals surface area contributed by atoms with Gasteiger partial charge in [0.1, 0.15) is 0 Å². The van der Waals surface area contributed by atoms with Crippen LogP contribution in [0.2, 0.25) is 5.02 Å². The molecule has 0 fully saturated rings. The van der Waals surface area contributed by atoms with Crippen LogP contribution in [-0.4, -0.2) is 21.2 Å². The summed E-state index contributed by atoms with van der Waals surface area (Å²) in [5, 5.41) is 6.16. The normalized spacial score (nSPS) is 13.3. The third-order valence-electron chi connectivity index (χ3n) is 3.15. The van der Waals surface area contributed by atoms with Crippen molar-refractivity contribution >= 4 is 32.8 Å². The zero-order chi connectivity index (χ0) is 15.5. The quantitative estimate of drug-likeness (QED) is 0.865. The van der Waals surface area contributed by atoms with Crippen molar-refractivity contribution < 1.29 is 8.42 Å². The lowest BCUT2D eigenvalue weighted by atomic mass is 10.1. The second-order valence-corrected chi connectivity index (χ2v) is 8.23. The minimum atomic E-state index is -3.17. The number of hydrogen-bond donors (Lipinski definition) is 1. The number of hydrogen-bond acceptors (Lipinski definition) is 4. The molecule has 114 valence electrons. The van der Waals surface area contributed by atoms with E-state index in [1.54, 1.807) is 23.5 Å². The Balaban J connectivity index is 2.35. The Bertz CT molecular complexity index is 693. The average Bonchev–Trinajstić information content (AvgIpc) is 2.85. The Morgan fingerprint density at radius 2 is 1.90 bits per heavy atom. The number of halogens is 1. The smallest absolute Gasteiger partial charge is 0.175 e. The minimum absolute atomic E-state index is 0.00828. The van der Waals surface area contributed by atoms with E-state index in [1.165, 1.54) is 6.26 Å². The summed E-state index contributed by atoms with van der Waals surface area (Å²) in [5.74, 6) is 0. The molecule has 0 aliphatic carbocycles. The average molecular weight is 344 g/mol. The lowest BCUT2D eigenvalue weighted by Gasteiger charge is -2.18. The van der Waals surface area contributed by atoms with Crippen molar-refractivity contribution in [3.63, 3.8) is 0 Å². The predicted octanol–water partition coefficient (Wildman–Crippen LogP) is 3.89. The van der Waals surface area contributed by atoms with Crippen LogP contribution in [0.15, 0.2) is 40.6 Å². The molecule has 1 aromatic heterocycles. The molecule has 0 spiro atoms. The van der Waals surface area contributed by atoms with Crippen LogP contribution in [0.25, 0.3) is 0 Å². The van der Waals surface area contributed by atoms with Gasteiger partial charge in [-0.2, -0.15) is 0 Å². The molecule has 1 N–H and O–H groups in total. The van der Waals surface area contributed by atoms with Gasteiger partial charge in [0.2, 0.25) is 0 Å². The summed E-state index contributed by atoms with van der Waals surface area (Å²) in [6.07, 6.45) is 2.23. The second kappa shape index (κ2) is 6.92. The van der Waals surface area contributed by atoms with Crippen molar-refractivity contribution in [2.75, 3.05) is 12.8 Å². The highest BCUT2D eigenvalue weighted by atomic mass is 35.5. The molecule has 0 radical (unpaired) electrons. The molecule has 1 heterocycles. The summed E-state index contributed by atoms with van der Waals surface area (Å²) in [6.45, 7) is 2.97. The summed E-state index contributed by atoms with van der Waals surface area (Å²) in [7, 11) is -3.17. The molecular formula is C15H18ClNO2S2. The topological polar surface area (TPSA) is 46.2 Å². The fraction of sp³-hybridized carbons (Fsp3) is 0.333. The van der Waals surface area contributed by atoms with E-state index in [1.807, 2.05) is 23.6 Å². The molecule has 0 bridgehead atoms. The van der Waals surface area contributed by atoms with E-state index in [9.17, 15) is 8.42 Å². The molecule has 0 amide bonds. The van der Waals surface area contributed by atoms with Gasteiger partial charge >= 0.3 is 0 Å². The van der Waals surface area contributed by atoms with E-state index in [4.69, 9.17) is 11.6 Å². The summed E-state index contributed by atoms with van der Waals surface area (Å²) >= 11 is 7.84. The Hall–Kier alpha value is -0.880. The van der Waals surface area contributed by atoms with Gasteiger partial charge in [-0.3, -0.25) is 0 Å². The Morgan fingerprint density at radius 1 is 1.24 bits per heavy atom. The van der Waals surface area contributed by atoms with Crippen LogP contribution in [0.4, 0.5) is 0 Å². The van der Waals surface area contributed by atoms with Crippen LogP contribution in [0.1, 0.15) is 29.8 Å². The molecular weight excluding hydrogens is 326 g/mol. The molecule has 2 aromatic rings. The molecule has 0 aliphatic rings. The molecule has 1 atom stereocenters. The predicted molar refractivity (Wildman–Crippen MR) is 89.0 cm³/mol. The van der Waals surface area contributed by atoms with Crippen molar-refractivity contribution in [3.05, 3.63) is 51.2 Å². The molecule has 1 unspecified atom stereocenters. The maximum Gasteiger partial charge on any atom is 0.175 e. The van der Waals surface area contributed by atoms with Crippen molar-refractivity contribution in [1.82, 2.24) is 5.32 Å². The highest BCUT2D eigenvalue weighted by molar-refractivity contribution is 7.90. The molecule has 0 saturated carbocycles. The highest BCUT2D eigenvalue weighted by Crippen LogP contribution is 2.33. The number of rotatable bonds is 6. The first kappa shape index (κ1) is 16.5. The summed E-state index contributed by atoms with van der Waals surface area (Å²) in [6, 6.07) is 8.86. The molecule has 1 aromatic carbocycles. The Morgan fingerprint density at radius 3 is 2.38 bits per heavy atom. The maximum atomic E-state index is 11.5. The molecule has 0 saturated heterocycles. The van der Waals surface area contributed by atoms with Crippen molar-refractivity contribution in [2.24, 2.45) is 0 Å². The first-order valence-corrected chi connectivity index (χ1v) is 9.84. The van der Waals surface area contributed by atoms with Crippen LogP contribution in [0.3, 0.4) is 0 Å². The van der Waals surface area contributed by atoms with Gasteiger partial charge in [-0.05, 0) is 42.1 Å². The third-order valence-corrected chi connectivity index (χ3v) is 5.70. The van der Waals surface area contributed by atoms with Gasteiger partial charge in [-0.1, -0.05) is 30.7 Å². The molecule has 3 nitrogen and oxygen atoms in total. The van der Waals surface area contributed by atoms with Gasteiger partial charge in [0.25, 0.3) is 0 Å². The monoisotopic (exact) mass is 343 g/mol. The molecule has 2 rings (SSSR count). The van der Waals surface area contributed by atoms with E-state index in [0.29, 0.717) is 4.90 Å². The summed E-state index contributed by atoms with van der Waals surface area (Å²) in [4.78, 5) is 1.38. The lowest BCUT2D eigenvalue weighted by molar-refractivity contribution is 0.599. The van der Waals surface area contributed by atoms with Crippen LogP contribution in [-0.2, 0) is 9.84 Å². The van der Waals surface area contributed by atoms with Crippen LogP contribution >= 0.6 is 22.9 Å². The largest absolute Gasteiger partial charge is 0.306 e. The number of thiophene rings is 1. The fourth-order valence-electron chi connectivity index (χ4n) is 2.07. The van der Waals surface area contributed by atoms with Gasteiger partial charge in [-0.25, -0.2) is 8.42 Å². The molecule has 0 aliphatic heterocycles. The number of nitrogens with one attached hydrogen (secondary N) is 1. The van der Waals surface area contributed by atoms with Gasteiger partial charge in [-0.15, -0.1) is 11.3 Å². The van der Waals surface area contributed by atoms with Gasteiger partial charge in [0, 0.05) is 11.1 Å². The first-order chi connectivity index (χ1) is 9.93. The zero-order valence-electron chi connectivity index (χ0n) is 12.0. The Kier molecular flexibility index (Phi) is 5.43. The van der Waals surface area contributed by atoms with E-state index in [-0.39, 0.29) is 6.04 Å². The summed E-state index contributed by atoms with van der Waals surface area (Å²) < 4.78 is 23.1. The van der Waals surface area contributed by atoms with Crippen molar-refractivity contribution in [3.8, 4) is 0 Å². The van der Waals surface area contributed by atoms with Crippen LogP contribution < -0.4 is 5.32 Å². The van der Waals surface area contributed by atoms with E-state index < -0.39 is 9.84 Å². The zero-order valence-corrected chi connectivity index (χ0v) is 14.4. The van der Waals surface area contributed by atoms with E-state index >= 15 is 0 Å². The second-order valence-electron chi connectivity index (χ2n) is 4.86. The summed E-state index contributed by atoms with van der Waals surface area (Å²) in [5.41, 5.74) is 1.01. The first-order valence-electron chi connectivity index (χ1n) is 6.69. The third kappa shape index (κ3) is 4.07. The van der Waals surface area contributed by atoms with Crippen molar-refractivity contribution in [1.29, 1.82) is 0 Å². The van der Waals surface area contributed by atoms with E-state index in [0.717, 1.165) is 28.4 Å². The molecule has 6 heteroatoms. The van der Waals surface area contributed by atoms with Gasteiger partial charge in [0.05, 0.1) is 16.0 Å². The number of sulfone groups is 1. The van der Waals surface area contributed by atoms with Gasteiger partial charge < -0.3 is 5.32 Å². The SMILES string of the molecule is CCCNC(c1ccc(S(C)(=O)=O)cc1)c1sccc1Cl. The van der Waals surface area contributed by atoms with Gasteiger partial charge in [0.15, 0.2) is 9.84 Å². The minimum Gasteiger partial charge on any atom is -0.306 e. The fourth-order valence-corrected chi connectivity index (χ4v) is 3.97. The van der Waals surface area contributed by atoms with E-state index in [2.05, 4.69) is 12.2 Å².